The number of hydrogen-bond acceptors (Lipinski definition) is 4. The molecule has 1 rings (SSSR count). The average Bonchev–Trinajstić information content (AvgIpc) is 2.75. The summed E-state index contributed by atoms with van der Waals surface area (Å²) in [5.74, 6) is 5.78. The number of thiophene rings is 1. The minimum absolute atomic E-state index is 0.0590. The molecule has 98 valence electrons. The van der Waals surface area contributed by atoms with Gasteiger partial charge in [0.05, 0.1) is 11.6 Å². The monoisotopic (exact) mass is 256 g/mol. The molecule has 1 atom stereocenters. The molecule has 1 aromatic rings. The van der Waals surface area contributed by atoms with Crippen LogP contribution in [0.3, 0.4) is 0 Å². The van der Waals surface area contributed by atoms with E-state index in [1.54, 1.807) is 11.3 Å². The summed E-state index contributed by atoms with van der Waals surface area (Å²) in [4.78, 5) is 1.30. The molecule has 1 aromatic heterocycles. The van der Waals surface area contributed by atoms with Crippen molar-refractivity contribution in [3.63, 3.8) is 0 Å². The third kappa shape index (κ3) is 2.88. The SMILES string of the molecule is CCOC(CC)(CC)C(NN)c1ccsc1C. The van der Waals surface area contributed by atoms with Crippen molar-refractivity contribution in [1.29, 1.82) is 0 Å². The third-order valence-electron chi connectivity index (χ3n) is 3.53. The first-order valence-electron chi connectivity index (χ1n) is 6.29. The number of rotatable bonds is 7. The van der Waals surface area contributed by atoms with Crippen molar-refractivity contribution in [3.05, 3.63) is 21.9 Å². The van der Waals surface area contributed by atoms with Gasteiger partial charge in [0, 0.05) is 11.5 Å². The summed E-state index contributed by atoms with van der Waals surface area (Å²) < 4.78 is 6.02. The van der Waals surface area contributed by atoms with Crippen LogP contribution >= 0.6 is 11.3 Å². The van der Waals surface area contributed by atoms with Crippen molar-refractivity contribution in [2.45, 2.75) is 52.2 Å². The summed E-state index contributed by atoms with van der Waals surface area (Å²) in [6.45, 7) is 9.19. The molecular formula is C13H24N2OS. The fourth-order valence-corrected chi connectivity index (χ4v) is 3.19. The average molecular weight is 256 g/mol. The summed E-state index contributed by atoms with van der Waals surface area (Å²) in [5, 5.41) is 2.11. The molecule has 0 aromatic carbocycles. The zero-order valence-corrected chi connectivity index (χ0v) is 12.1. The summed E-state index contributed by atoms with van der Waals surface area (Å²) >= 11 is 1.75. The molecule has 3 nitrogen and oxygen atoms in total. The van der Waals surface area contributed by atoms with Gasteiger partial charge in [0.2, 0.25) is 0 Å². The smallest absolute Gasteiger partial charge is 0.0884 e. The topological polar surface area (TPSA) is 47.3 Å². The molecule has 4 heteroatoms. The van der Waals surface area contributed by atoms with Crippen LogP contribution in [0.15, 0.2) is 11.4 Å². The molecule has 1 heterocycles. The predicted octanol–water partition coefficient (Wildman–Crippen LogP) is 3.16. The molecular weight excluding hydrogens is 232 g/mol. The van der Waals surface area contributed by atoms with Crippen molar-refractivity contribution in [2.75, 3.05) is 6.61 Å². The standard InChI is InChI=1S/C13H24N2OS/c1-5-13(6-2,16-7-3)12(15-14)11-8-9-17-10(11)4/h8-9,12,15H,5-7,14H2,1-4H3. The number of hydrazine groups is 1. The Labute approximate surface area is 108 Å². The summed E-state index contributed by atoms with van der Waals surface area (Å²) in [5.41, 5.74) is 4.00. The molecule has 3 N–H and O–H groups in total. The van der Waals surface area contributed by atoms with Crippen LogP contribution in [0.2, 0.25) is 0 Å². The van der Waals surface area contributed by atoms with Gasteiger partial charge < -0.3 is 4.74 Å². The van der Waals surface area contributed by atoms with Crippen molar-refractivity contribution >= 4 is 11.3 Å². The molecule has 1 unspecified atom stereocenters. The molecule has 0 spiro atoms. The van der Waals surface area contributed by atoms with Crippen molar-refractivity contribution in [2.24, 2.45) is 5.84 Å². The molecule has 0 saturated heterocycles. The fourth-order valence-electron chi connectivity index (χ4n) is 2.45. The van der Waals surface area contributed by atoms with Crippen molar-refractivity contribution < 1.29 is 4.74 Å². The van der Waals surface area contributed by atoms with E-state index >= 15 is 0 Å². The van der Waals surface area contributed by atoms with Crippen LogP contribution in [-0.2, 0) is 4.74 Å². The highest BCUT2D eigenvalue weighted by Crippen LogP contribution is 2.37. The van der Waals surface area contributed by atoms with Gasteiger partial charge in [-0.15, -0.1) is 11.3 Å². The molecule has 0 saturated carbocycles. The maximum Gasteiger partial charge on any atom is 0.0884 e. The lowest BCUT2D eigenvalue weighted by atomic mass is 9.84. The van der Waals surface area contributed by atoms with Gasteiger partial charge in [-0.25, -0.2) is 0 Å². The lowest BCUT2D eigenvalue weighted by Crippen LogP contribution is -2.48. The molecule has 0 aliphatic rings. The Bertz CT molecular complexity index is 334. The zero-order valence-electron chi connectivity index (χ0n) is 11.2. The second-order valence-corrected chi connectivity index (χ2v) is 5.36. The zero-order chi connectivity index (χ0) is 12.9. The first-order chi connectivity index (χ1) is 8.15. The van der Waals surface area contributed by atoms with E-state index in [4.69, 9.17) is 10.6 Å². The lowest BCUT2D eigenvalue weighted by molar-refractivity contribution is -0.0734. The summed E-state index contributed by atoms with van der Waals surface area (Å²) in [6, 6.07) is 2.20. The molecule has 0 bridgehead atoms. The predicted molar refractivity (Wildman–Crippen MR) is 74.1 cm³/mol. The van der Waals surface area contributed by atoms with E-state index in [0.717, 1.165) is 12.8 Å². The number of hydrogen-bond donors (Lipinski definition) is 2. The highest BCUT2D eigenvalue weighted by molar-refractivity contribution is 7.10. The molecule has 0 fully saturated rings. The van der Waals surface area contributed by atoms with E-state index in [1.807, 2.05) is 6.92 Å². The number of ether oxygens (including phenoxy) is 1. The summed E-state index contributed by atoms with van der Waals surface area (Å²) in [7, 11) is 0. The minimum Gasteiger partial charge on any atom is -0.373 e. The molecule has 17 heavy (non-hydrogen) atoms. The van der Waals surface area contributed by atoms with Crippen LogP contribution < -0.4 is 11.3 Å². The highest BCUT2D eigenvalue weighted by atomic mass is 32.1. The molecule has 0 radical (unpaired) electrons. The van der Waals surface area contributed by atoms with Gasteiger partial charge in [0.15, 0.2) is 0 Å². The van der Waals surface area contributed by atoms with Crippen LogP contribution in [0.25, 0.3) is 0 Å². The Morgan fingerprint density at radius 2 is 2.06 bits per heavy atom. The van der Waals surface area contributed by atoms with E-state index in [1.165, 1.54) is 10.4 Å². The second kappa shape index (κ2) is 6.50. The van der Waals surface area contributed by atoms with E-state index < -0.39 is 0 Å². The van der Waals surface area contributed by atoms with Crippen LogP contribution in [0.1, 0.15) is 50.1 Å². The molecule has 0 aliphatic heterocycles. The second-order valence-electron chi connectivity index (χ2n) is 4.24. The van der Waals surface area contributed by atoms with Gasteiger partial charge in [0.25, 0.3) is 0 Å². The van der Waals surface area contributed by atoms with Crippen molar-refractivity contribution in [3.8, 4) is 0 Å². The first-order valence-corrected chi connectivity index (χ1v) is 7.17. The van der Waals surface area contributed by atoms with E-state index in [0.29, 0.717) is 6.61 Å². The largest absolute Gasteiger partial charge is 0.373 e. The van der Waals surface area contributed by atoms with Gasteiger partial charge in [-0.05, 0) is 43.7 Å². The van der Waals surface area contributed by atoms with Gasteiger partial charge in [-0.3, -0.25) is 11.3 Å². The quantitative estimate of drug-likeness (QED) is 0.582. The van der Waals surface area contributed by atoms with Crippen molar-refractivity contribution in [1.82, 2.24) is 5.43 Å². The lowest BCUT2D eigenvalue weighted by Gasteiger charge is -2.39. The van der Waals surface area contributed by atoms with Gasteiger partial charge in [0.1, 0.15) is 0 Å². The molecule has 0 aliphatic carbocycles. The Balaban J connectivity index is 3.09. The Morgan fingerprint density at radius 3 is 2.41 bits per heavy atom. The Hall–Kier alpha value is -0.420. The van der Waals surface area contributed by atoms with Gasteiger partial charge in [-0.2, -0.15) is 0 Å². The van der Waals surface area contributed by atoms with Gasteiger partial charge in [-0.1, -0.05) is 13.8 Å². The Kier molecular flexibility index (Phi) is 5.59. The maximum atomic E-state index is 6.02. The minimum atomic E-state index is -0.213. The fraction of sp³-hybridized carbons (Fsp3) is 0.692. The van der Waals surface area contributed by atoms with E-state index in [2.05, 4.69) is 37.6 Å². The third-order valence-corrected chi connectivity index (χ3v) is 4.39. The Morgan fingerprint density at radius 1 is 1.41 bits per heavy atom. The van der Waals surface area contributed by atoms with Crippen LogP contribution in [-0.4, -0.2) is 12.2 Å². The number of nitrogens with one attached hydrogen (secondary N) is 1. The maximum absolute atomic E-state index is 6.02. The molecule has 0 amide bonds. The normalized spacial score (nSPS) is 13.9. The van der Waals surface area contributed by atoms with E-state index in [-0.39, 0.29) is 11.6 Å². The van der Waals surface area contributed by atoms with Crippen LogP contribution in [0.5, 0.6) is 0 Å². The first kappa shape index (κ1) is 14.6. The van der Waals surface area contributed by atoms with Crippen LogP contribution in [0, 0.1) is 6.92 Å². The van der Waals surface area contributed by atoms with Gasteiger partial charge >= 0.3 is 0 Å². The number of aryl methyl sites for hydroxylation is 1. The highest BCUT2D eigenvalue weighted by Gasteiger charge is 2.37. The number of nitrogens with two attached hydrogens (primary N) is 1. The van der Waals surface area contributed by atoms with E-state index in [9.17, 15) is 0 Å². The summed E-state index contributed by atoms with van der Waals surface area (Å²) in [6.07, 6.45) is 1.89. The van der Waals surface area contributed by atoms with Crippen LogP contribution in [0.4, 0.5) is 0 Å².